The lowest BCUT2D eigenvalue weighted by Gasteiger charge is -2.22. The first kappa shape index (κ1) is 19.9. The number of hydrogen-bond acceptors (Lipinski definition) is 2. The maximum Gasteiger partial charge on any atom is 0.319 e. The number of benzene rings is 2. The third-order valence-corrected chi connectivity index (χ3v) is 5.35. The van der Waals surface area contributed by atoms with Crippen molar-refractivity contribution in [3.8, 4) is 0 Å². The Hall–Kier alpha value is -2.89. The van der Waals surface area contributed by atoms with Crippen LogP contribution in [0.25, 0.3) is 0 Å². The van der Waals surface area contributed by atoms with Gasteiger partial charge in [0.25, 0.3) is 0 Å². The van der Waals surface area contributed by atoms with Crippen LogP contribution in [0.1, 0.15) is 29.9 Å². The van der Waals surface area contributed by atoms with Crippen molar-refractivity contribution in [2.24, 2.45) is 5.92 Å². The van der Waals surface area contributed by atoms with Crippen molar-refractivity contribution >= 4 is 17.6 Å². The van der Waals surface area contributed by atoms with E-state index in [0.717, 1.165) is 16.8 Å². The van der Waals surface area contributed by atoms with Gasteiger partial charge in [-0.2, -0.15) is 0 Å². The molecule has 5 nitrogen and oxygen atoms in total. The zero-order chi connectivity index (χ0) is 20.3. The lowest BCUT2D eigenvalue weighted by molar-refractivity contribution is -0.133. The highest BCUT2D eigenvalue weighted by atomic mass is 19.1. The van der Waals surface area contributed by atoms with Crippen LogP contribution in [-0.4, -0.2) is 37.0 Å². The number of rotatable bonds is 4. The van der Waals surface area contributed by atoms with Crippen LogP contribution in [0.5, 0.6) is 0 Å². The molecule has 2 N–H and O–H groups in total. The molecule has 2 aromatic rings. The summed E-state index contributed by atoms with van der Waals surface area (Å²) in [7, 11) is 3.46. The van der Waals surface area contributed by atoms with E-state index in [1.165, 1.54) is 12.1 Å². The van der Waals surface area contributed by atoms with Gasteiger partial charge in [0.2, 0.25) is 5.91 Å². The minimum atomic E-state index is -0.301. The molecule has 0 bridgehead atoms. The average molecular weight is 383 g/mol. The van der Waals surface area contributed by atoms with Gasteiger partial charge in [-0.05, 0) is 55.0 Å². The fraction of sp³-hybridized carbons (Fsp3) is 0.364. The maximum atomic E-state index is 13.3. The molecule has 1 fully saturated rings. The van der Waals surface area contributed by atoms with E-state index in [4.69, 9.17) is 0 Å². The number of anilines is 1. The minimum Gasteiger partial charge on any atom is -0.349 e. The standard InChI is InChI=1S/C22H26FN3O2/c1-14-6-4-5-7-20(14)25-22(28)24-17-12-18(15-8-10-16(23)11-9-15)19(13-17)21(27)26(2)3/h4-11,17-19H,12-13H2,1-3H3,(H2,24,25,28)/t17-,18+,19-/m0/s1. The number of halogens is 1. The van der Waals surface area contributed by atoms with Crippen LogP contribution in [0.15, 0.2) is 48.5 Å². The summed E-state index contributed by atoms with van der Waals surface area (Å²) in [6.07, 6.45) is 1.19. The molecule has 1 aliphatic carbocycles. The Bertz CT molecular complexity index is 851. The summed E-state index contributed by atoms with van der Waals surface area (Å²) in [4.78, 5) is 26.7. The molecule has 3 atom stereocenters. The number of hydrogen-bond donors (Lipinski definition) is 2. The molecule has 0 spiro atoms. The number of urea groups is 1. The lowest BCUT2D eigenvalue weighted by Crippen LogP contribution is -2.37. The van der Waals surface area contributed by atoms with E-state index < -0.39 is 0 Å². The van der Waals surface area contributed by atoms with Gasteiger partial charge in [0, 0.05) is 31.7 Å². The van der Waals surface area contributed by atoms with Gasteiger partial charge in [-0.15, -0.1) is 0 Å². The van der Waals surface area contributed by atoms with Crippen LogP contribution in [0.4, 0.5) is 14.9 Å². The van der Waals surface area contributed by atoms with Crippen LogP contribution < -0.4 is 10.6 Å². The molecule has 0 heterocycles. The number of nitrogens with zero attached hydrogens (tertiary/aromatic N) is 1. The van der Waals surface area contributed by atoms with E-state index in [0.29, 0.717) is 12.8 Å². The monoisotopic (exact) mass is 383 g/mol. The molecule has 148 valence electrons. The Labute approximate surface area is 164 Å². The molecule has 6 heteroatoms. The van der Waals surface area contributed by atoms with Crippen LogP contribution >= 0.6 is 0 Å². The normalized spacial score (nSPS) is 21.2. The van der Waals surface area contributed by atoms with Crippen molar-refractivity contribution in [2.75, 3.05) is 19.4 Å². The topological polar surface area (TPSA) is 61.4 Å². The SMILES string of the molecule is Cc1ccccc1NC(=O)N[C@@H]1C[C@H](C(=O)N(C)C)[C@@H](c2ccc(F)cc2)C1. The first-order chi connectivity index (χ1) is 13.3. The number of nitrogens with one attached hydrogen (secondary N) is 2. The highest BCUT2D eigenvalue weighted by Gasteiger charge is 2.40. The summed E-state index contributed by atoms with van der Waals surface area (Å²) in [5, 5.41) is 5.87. The van der Waals surface area contributed by atoms with Gasteiger partial charge in [-0.25, -0.2) is 9.18 Å². The van der Waals surface area contributed by atoms with Crippen molar-refractivity contribution in [1.29, 1.82) is 0 Å². The highest BCUT2D eigenvalue weighted by molar-refractivity contribution is 5.90. The predicted octanol–water partition coefficient (Wildman–Crippen LogP) is 3.91. The van der Waals surface area contributed by atoms with Crippen molar-refractivity contribution in [1.82, 2.24) is 10.2 Å². The van der Waals surface area contributed by atoms with Gasteiger partial charge >= 0.3 is 6.03 Å². The molecule has 3 amide bonds. The maximum absolute atomic E-state index is 13.3. The second-order valence-electron chi connectivity index (χ2n) is 7.58. The Morgan fingerprint density at radius 1 is 1.04 bits per heavy atom. The molecular weight excluding hydrogens is 357 g/mol. The van der Waals surface area contributed by atoms with Crippen LogP contribution in [0.2, 0.25) is 0 Å². The number of carbonyl (C=O) groups excluding carboxylic acids is 2. The van der Waals surface area contributed by atoms with Gasteiger partial charge in [-0.1, -0.05) is 30.3 Å². The van der Waals surface area contributed by atoms with E-state index in [1.807, 2.05) is 31.2 Å². The number of carbonyl (C=O) groups is 2. The fourth-order valence-electron chi connectivity index (χ4n) is 3.90. The van der Waals surface area contributed by atoms with Crippen LogP contribution in [0, 0.1) is 18.7 Å². The molecule has 2 aromatic carbocycles. The van der Waals surface area contributed by atoms with Gasteiger partial charge < -0.3 is 15.5 Å². The van der Waals surface area contributed by atoms with E-state index in [-0.39, 0.29) is 35.6 Å². The second kappa shape index (κ2) is 8.42. The predicted molar refractivity (Wildman–Crippen MR) is 108 cm³/mol. The van der Waals surface area contributed by atoms with Crippen LogP contribution in [0.3, 0.4) is 0 Å². The highest BCUT2D eigenvalue weighted by Crippen LogP contribution is 2.40. The summed E-state index contributed by atoms with van der Waals surface area (Å²) in [6, 6.07) is 13.4. The molecule has 0 saturated heterocycles. The number of amides is 3. The number of aryl methyl sites for hydroxylation is 1. The van der Waals surface area contributed by atoms with Crippen molar-refractivity contribution in [3.05, 3.63) is 65.5 Å². The quantitative estimate of drug-likeness (QED) is 0.841. The van der Waals surface area contributed by atoms with E-state index in [2.05, 4.69) is 10.6 Å². The Balaban J connectivity index is 1.72. The zero-order valence-electron chi connectivity index (χ0n) is 16.4. The summed E-state index contributed by atoms with van der Waals surface area (Å²) in [5.41, 5.74) is 2.66. The minimum absolute atomic E-state index is 0.0259. The van der Waals surface area contributed by atoms with E-state index >= 15 is 0 Å². The molecule has 3 rings (SSSR count). The molecule has 28 heavy (non-hydrogen) atoms. The summed E-state index contributed by atoms with van der Waals surface area (Å²) in [6.45, 7) is 1.93. The van der Waals surface area contributed by atoms with Gasteiger partial charge in [0.1, 0.15) is 5.82 Å². The largest absolute Gasteiger partial charge is 0.349 e. The Morgan fingerprint density at radius 2 is 1.71 bits per heavy atom. The second-order valence-corrected chi connectivity index (χ2v) is 7.58. The fourth-order valence-corrected chi connectivity index (χ4v) is 3.90. The Kier molecular flexibility index (Phi) is 5.97. The zero-order valence-corrected chi connectivity index (χ0v) is 16.4. The van der Waals surface area contributed by atoms with Crippen molar-refractivity contribution in [3.63, 3.8) is 0 Å². The molecule has 0 aliphatic heterocycles. The average Bonchev–Trinajstić information content (AvgIpc) is 3.07. The van der Waals surface area contributed by atoms with Crippen molar-refractivity contribution < 1.29 is 14.0 Å². The summed E-state index contributed by atoms with van der Waals surface area (Å²) >= 11 is 0. The summed E-state index contributed by atoms with van der Waals surface area (Å²) < 4.78 is 13.3. The van der Waals surface area contributed by atoms with Crippen LogP contribution in [-0.2, 0) is 4.79 Å². The molecule has 1 aliphatic rings. The molecule has 0 radical (unpaired) electrons. The molecule has 1 saturated carbocycles. The molecule has 0 unspecified atom stereocenters. The Morgan fingerprint density at radius 3 is 2.36 bits per heavy atom. The first-order valence-corrected chi connectivity index (χ1v) is 9.45. The smallest absolute Gasteiger partial charge is 0.319 e. The third-order valence-electron chi connectivity index (χ3n) is 5.35. The molecular formula is C22H26FN3O2. The third kappa shape index (κ3) is 4.50. The summed E-state index contributed by atoms with van der Waals surface area (Å²) in [5.74, 6) is -0.578. The lowest BCUT2D eigenvalue weighted by atomic mass is 9.88. The van der Waals surface area contributed by atoms with Crippen molar-refractivity contribution in [2.45, 2.75) is 31.7 Å². The van der Waals surface area contributed by atoms with E-state index in [1.54, 1.807) is 31.1 Å². The van der Waals surface area contributed by atoms with Gasteiger partial charge in [-0.3, -0.25) is 4.79 Å². The first-order valence-electron chi connectivity index (χ1n) is 9.45. The molecule has 0 aromatic heterocycles. The van der Waals surface area contributed by atoms with E-state index in [9.17, 15) is 14.0 Å². The van der Waals surface area contributed by atoms with Gasteiger partial charge in [0.05, 0.1) is 0 Å². The number of para-hydroxylation sites is 1. The van der Waals surface area contributed by atoms with Gasteiger partial charge in [0.15, 0.2) is 0 Å².